The Hall–Kier alpha value is -0.870. The molecule has 0 amide bonds. The average molecular weight is 166 g/mol. The molecule has 0 aromatic heterocycles. The summed E-state index contributed by atoms with van der Waals surface area (Å²) in [7, 11) is 1.07. The van der Waals surface area contributed by atoms with Crippen molar-refractivity contribution in [2.75, 3.05) is 7.05 Å². The van der Waals surface area contributed by atoms with Gasteiger partial charge in [0.05, 0.1) is 0 Å². The highest BCUT2D eigenvalue weighted by molar-refractivity contribution is 5.93. The molecule has 0 radical (unpaired) electrons. The van der Waals surface area contributed by atoms with Crippen molar-refractivity contribution < 1.29 is 13.2 Å². The number of hydrogen-bond acceptors (Lipinski definition) is 1. The second-order valence-electron chi connectivity index (χ2n) is 1.76. The maximum atomic E-state index is 11.8. The standard InChI is InChI=1S/C6H9F3N2/c1-3-4-11-5(10-2)6(7,8)9/h4H,3H2,1-2H3. The van der Waals surface area contributed by atoms with Crippen LogP contribution in [0.15, 0.2) is 9.98 Å². The molecule has 0 bridgehead atoms. The van der Waals surface area contributed by atoms with Crippen molar-refractivity contribution in [3.63, 3.8) is 0 Å². The van der Waals surface area contributed by atoms with Gasteiger partial charge >= 0.3 is 6.18 Å². The predicted octanol–water partition coefficient (Wildman–Crippen LogP) is 2.06. The van der Waals surface area contributed by atoms with Crippen LogP contribution in [-0.2, 0) is 0 Å². The minimum Gasteiger partial charge on any atom is -0.266 e. The maximum absolute atomic E-state index is 11.8. The zero-order chi connectivity index (χ0) is 8.91. The van der Waals surface area contributed by atoms with Crippen molar-refractivity contribution in [1.82, 2.24) is 0 Å². The first-order chi connectivity index (χ1) is 5.02. The minimum absolute atomic E-state index is 0.467. The lowest BCUT2D eigenvalue weighted by atomic mass is 10.5. The molecule has 64 valence electrons. The molecule has 0 aliphatic carbocycles. The van der Waals surface area contributed by atoms with E-state index in [-0.39, 0.29) is 0 Å². The van der Waals surface area contributed by atoms with E-state index in [1.165, 1.54) is 6.21 Å². The van der Waals surface area contributed by atoms with Gasteiger partial charge in [-0.2, -0.15) is 13.2 Å². The molecule has 0 spiro atoms. The molecule has 5 heteroatoms. The second kappa shape index (κ2) is 4.10. The van der Waals surface area contributed by atoms with Gasteiger partial charge in [-0.1, -0.05) is 6.92 Å². The lowest BCUT2D eigenvalue weighted by Gasteiger charge is -2.02. The first kappa shape index (κ1) is 10.1. The number of rotatable bonds is 1. The molecular weight excluding hydrogens is 157 g/mol. The van der Waals surface area contributed by atoms with Gasteiger partial charge in [0.15, 0.2) is 0 Å². The molecule has 0 heterocycles. The van der Waals surface area contributed by atoms with E-state index < -0.39 is 12.0 Å². The molecule has 0 N–H and O–H groups in total. The highest BCUT2D eigenvalue weighted by Gasteiger charge is 2.34. The van der Waals surface area contributed by atoms with E-state index >= 15 is 0 Å². The zero-order valence-corrected chi connectivity index (χ0v) is 6.31. The fourth-order valence-corrected chi connectivity index (χ4v) is 0.435. The van der Waals surface area contributed by atoms with E-state index in [4.69, 9.17) is 0 Å². The Balaban J connectivity index is 4.33. The molecule has 0 aromatic rings. The first-order valence-corrected chi connectivity index (χ1v) is 3.08. The Morgan fingerprint density at radius 2 is 2.00 bits per heavy atom. The van der Waals surface area contributed by atoms with Crippen LogP contribution in [0.4, 0.5) is 13.2 Å². The van der Waals surface area contributed by atoms with Gasteiger partial charge in [-0.15, -0.1) is 0 Å². The van der Waals surface area contributed by atoms with Gasteiger partial charge in [-0.25, -0.2) is 4.99 Å². The molecule has 0 unspecified atom stereocenters. The van der Waals surface area contributed by atoms with Crippen molar-refractivity contribution in [1.29, 1.82) is 0 Å². The lowest BCUT2D eigenvalue weighted by molar-refractivity contribution is -0.0597. The van der Waals surface area contributed by atoms with E-state index in [1.54, 1.807) is 6.92 Å². The highest BCUT2D eigenvalue weighted by atomic mass is 19.4. The van der Waals surface area contributed by atoms with Crippen molar-refractivity contribution in [2.24, 2.45) is 9.98 Å². The van der Waals surface area contributed by atoms with Gasteiger partial charge in [-0.3, -0.25) is 4.99 Å². The smallest absolute Gasteiger partial charge is 0.266 e. The third-order valence-electron chi connectivity index (χ3n) is 0.861. The van der Waals surface area contributed by atoms with E-state index in [0.717, 1.165) is 7.05 Å². The number of hydrogen-bond donors (Lipinski definition) is 0. The fraction of sp³-hybridized carbons (Fsp3) is 0.667. The van der Waals surface area contributed by atoms with Gasteiger partial charge in [0.25, 0.3) is 0 Å². The third-order valence-corrected chi connectivity index (χ3v) is 0.861. The topological polar surface area (TPSA) is 24.7 Å². The number of alkyl halides is 3. The summed E-state index contributed by atoms with van der Waals surface area (Å²) in [4.78, 5) is 6.12. The van der Waals surface area contributed by atoms with Crippen LogP contribution in [0.2, 0.25) is 0 Å². The maximum Gasteiger partial charge on any atom is 0.451 e. The van der Waals surface area contributed by atoms with Gasteiger partial charge < -0.3 is 0 Å². The van der Waals surface area contributed by atoms with Crippen molar-refractivity contribution in [2.45, 2.75) is 19.5 Å². The van der Waals surface area contributed by atoms with Gasteiger partial charge in [0, 0.05) is 13.3 Å². The molecule has 0 aliphatic rings. The molecular formula is C6H9F3N2. The minimum atomic E-state index is -4.43. The molecule has 11 heavy (non-hydrogen) atoms. The van der Waals surface area contributed by atoms with Crippen molar-refractivity contribution in [3.05, 3.63) is 0 Å². The zero-order valence-electron chi connectivity index (χ0n) is 6.31. The Labute approximate surface area is 62.9 Å². The van der Waals surface area contributed by atoms with Gasteiger partial charge in [0.2, 0.25) is 5.84 Å². The number of nitrogens with zero attached hydrogens (tertiary/aromatic N) is 2. The fourth-order valence-electron chi connectivity index (χ4n) is 0.435. The summed E-state index contributed by atoms with van der Waals surface area (Å²) < 4.78 is 35.4. The predicted molar refractivity (Wildman–Crippen MR) is 38.2 cm³/mol. The van der Waals surface area contributed by atoms with Crippen LogP contribution in [0.1, 0.15) is 13.3 Å². The van der Waals surface area contributed by atoms with Crippen LogP contribution in [0.5, 0.6) is 0 Å². The SMILES string of the molecule is CCC=NC(=NC)C(F)(F)F. The summed E-state index contributed by atoms with van der Waals surface area (Å²) in [6.07, 6.45) is -2.79. The van der Waals surface area contributed by atoms with Crippen molar-refractivity contribution >= 4 is 12.1 Å². The first-order valence-electron chi connectivity index (χ1n) is 3.08. The van der Waals surface area contributed by atoms with Crippen LogP contribution in [0.3, 0.4) is 0 Å². The third kappa shape index (κ3) is 3.75. The Morgan fingerprint density at radius 1 is 1.45 bits per heavy atom. The monoisotopic (exact) mass is 166 g/mol. The van der Waals surface area contributed by atoms with Crippen molar-refractivity contribution in [3.8, 4) is 0 Å². The largest absolute Gasteiger partial charge is 0.451 e. The molecule has 0 saturated heterocycles. The van der Waals surface area contributed by atoms with E-state index in [9.17, 15) is 13.2 Å². The van der Waals surface area contributed by atoms with Crippen LogP contribution >= 0.6 is 0 Å². The van der Waals surface area contributed by atoms with E-state index in [2.05, 4.69) is 9.98 Å². The molecule has 0 fully saturated rings. The normalized spacial score (nSPS) is 14.5. The number of halogens is 3. The van der Waals surface area contributed by atoms with Crippen LogP contribution in [0, 0.1) is 0 Å². The van der Waals surface area contributed by atoms with E-state index in [0.29, 0.717) is 6.42 Å². The quantitative estimate of drug-likeness (QED) is 0.420. The summed E-state index contributed by atoms with van der Waals surface area (Å²) in [5.74, 6) is -1.08. The Bertz CT molecular complexity index is 169. The molecule has 0 aromatic carbocycles. The van der Waals surface area contributed by atoms with Gasteiger partial charge in [-0.05, 0) is 6.42 Å². The average Bonchev–Trinajstić information content (AvgIpc) is 1.87. The van der Waals surface area contributed by atoms with Gasteiger partial charge in [0.1, 0.15) is 0 Å². The van der Waals surface area contributed by atoms with Crippen LogP contribution < -0.4 is 0 Å². The van der Waals surface area contributed by atoms with Crippen LogP contribution in [-0.4, -0.2) is 25.3 Å². The number of amidine groups is 1. The second-order valence-corrected chi connectivity index (χ2v) is 1.76. The molecule has 0 atom stereocenters. The Kier molecular flexibility index (Phi) is 3.78. The summed E-state index contributed by atoms with van der Waals surface area (Å²) >= 11 is 0. The summed E-state index contributed by atoms with van der Waals surface area (Å²) in [6, 6.07) is 0. The van der Waals surface area contributed by atoms with Crippen LogP contribution in [0.25, 0.3) is 0 Å². The number of aliphatic imine (C=N–C) groups is 2. The molecule has 0 rings (SSSR count). The molecule has 0 aliphatic heterocycles. The summed E-state index contributed by atoms with van der Waals surface area (Å²) in [5.41, 5.74) is 0. The molecule has 2 nitrogen and oxygen atoms in total. The molecule has 0 saturated carbocycles. The highest BCUT2D eigenvalue weighted by Crippen LogP contribution is 2.17. The van der Waals surface area contributed by atoms with E-state index in [1.807, 2.05) is 0 Å². The Morgan fingerprint density at radius 3 is 2.27 bits per heavy atom. The lowest BCUT2D eigenvalue weighted by Crippen LogP contribution is -2.20. The summed E-state index contributed by atoms with van der Waals surface area (Å²) in [5, 5.41) is 0. The summed E-state index contributed by atoms with van der Waals surface area (Å²) in [6.45, 7) is 1.70.